The lowest BCUT2D eigenvalue weighted by atomic mass is 10.1. The van der Waals surface area contributed by atoms with Crippen LogP contribution in [0.5, 0.6) is 17.2 Å². The third-order valence-electron chi connectivity index (χ3n) is 5.31. The first-order chi connectivity index (χ1) is 17.3. The van der Waals surface area contributed by atoms with Crippen molar-refractivity contribution < 1.29 is 31.8 Å². The summed E-state index contributed by atoms with van der Waals surface area (Å²) in [6, 6.07) is 16.3. The molecule has 192 valence electrons. The second kappa shape index (κ2) is 12.3. The Bertz CT molecular complexity index is 1260. The zero-order valence-electron chi connectivity index (χ0n) is 20.4. The lowest BCUT2D eigenvalue weighted by molar-refractivity contribution is -0.119. The van der Waals surface area contributed by atoms with Crippen LogP contribution in [0.3, 0.4) is 0 Å². The maximum atomic E-state index is 13.5. The first kappa shape index (κ1) is 26.8. The van der Waals surface area contributed by atoms with Crippen LogP contribution >= 0.6 is 0 Å². The number of ether oxygens (including phenoxy) is 3. The van der Waals surface area contributed by atoms with Crippen LogP contribution in [0.2, 0.25) is 0 Å². The summed E-state index contributed by atoms with van der Waals surface area (Å²) in [7, 11) is -1.04. The van der Waals surface area contributed by atoms with Gasteiger partial charge in [0.1, 0.15) is 18.1 Å². The molecule has 36 heavy (non-hydrogen) atoms. The molecule has 0 radical (unpaired) electrons. The lowest BCUT2D eigenvalue weighted by Gasteiger charge is -2.24. The number of nitrogens with one attached hydrogen (secondary N) is 1. The number of benzene rings is 3. The van der Waals surface area contributed by atoms with Gasteiger partial charge in [-0.15, -0.1) is 0 Å². The quantitative estimate of drug-likeness (QED) is 0.394. The fraction of sp³-hybridized carbons (Fsp3) is 0.269. The topological polar surface area (TPSA) is 94.2 Å². The third-order valence-corrected chi connectivity index (χ3v) is 7.10. The van der Waals surface area contributed by atoms with Crippen molar-refractivity contribution in [3.63, 3.8) is 0 Å². The number of carbonyl (C=O) groups excluding carboxylic acids is 1. The Labute approximate surface area is 210 Å². The molecular formula is C26H29FN2O6S. The van der Waals surface area contributed by atoms with E-state index < -0.39 is 28.3 Å². The number of nitrogens with zero attached hydrogens (tertiary/aromatic N) is 1. The minimum absolute atomic E-state index is 0.0200. The first-order valence-corrected chi connectivity index (χ1v) is 12.7. The smallest absolute Gasteiger partial charge is 0.264 e. The molecule has 0 heterocycles. The number of amides is 1. The average Bonchev–Trinajstić information content (AvgIpc) is 2.88. The van der Waals surface area contributed by atoms with Gasteiger partial charge in [-0.3, -0.25) is 9.10 Å². The van der Waals surface area contributed by atoms with Gasteiger partial charge in [-0.2, -0.15) is 0 Å². The Morgan fingerprint density at radius 1 is 0.944 bits per heavy atom. The predicted octanol–water partition coefficient (Wildman–Crippen LogP) is 3.80. The molecule has 0 bridgehead atoms. The summed E-state index contributed by atoms with van der Waals surface area (Å²) in [5, 5.41) is 2.75. The summed E-state index contributed by atoms with van der Waals surface area (Å²) in [6.45, 7) is 2.06. The molecule has 0 saturated heterocycles. The summed E-state index contributed by atoms with van der Waals surface area (Å²) in [6.07, 6.45) is 0.494. The third kappa shape index (κ3) is 6.66. The van der Waals surface area contributed by atoms with Gasteiger partial charge < -0.3 is 19.5 Å². The van der Waals surface area contributed by atoms with E-state index in [-0.39, 0.29) is 17.1 Å². The van der Waals surface area contributed by atoms with Gasteiger partial charge in [-0.05, 0) is 79.6 Å². The van der Waals surface area contributed by atoms with Crippen molar-refractivity contribution in [1.82, 2.24) is 5.32 Å². The van der Waals surface area contributed by atoms with Crippen molar-refractivity contribution in [3.05, 3.63) is 78.1 Å². The predicted molar refractivity (Wildman–Crippen MR) is 135 cm³/mol. The van der Waals surface area contributed by atoms with Gasteiger partial charge in [0, 0.05) is 6.54 Å². The number of hydrogen-bond acceptors (Lipinski definition) is 6. The molecule has 0 aliphatic carbocycles. The number of anilines is 1. The van der Waals surface area contributed by atoms with E-state index in [1.54, 1.807) is 25.3 Å². The fourth-order valence-corrected chi connectivity index (χ4v) is 4.91. The Kier molecular flexibility index (Phi) is 9.13. The van der Waals surface area contributed by atoms with Crippen molar-refractivity contribution in [1.29, 1.82) is 0 Å². The maximum Gasteiger partial charge on any atom is 0.264 e. The van der Waals surface area contributed by atoms with Crippen LogP contribution in [0.1, 0.15) is 12.5 Å². The molecule has 3 aromatic carbocycles. The Balaban J connectivity index is 1.75. The van der Waals surface area contributed by atoms with E-state index in [9.17, 15) is 17.6 Å². The zero-order valence-corrected chi connectivity index (χ0v) is 21.2. The highest BCUT2D eigenvalue weighted by molar-refractivity contribution is 7.92. The van der Waals surface area contributed by atoms with E-state index in [4.69, 9.17) is 14.2 Å². The highest BCUT2D eigenvalue weighted by atomic mass is 32.2. The Hall–Kier alpha value is -3.79. The second-order valence-electron chi connectivity index (χ2n) is 7.68. The van der Waals surface area contributed by atoms with E-state index in [0.29, 0.717) is 30.3 Å². The van der Waals surface area contributed by atoms with Gasteiger partial charge in [-0.1, -0.05) is 6.07 Å². The van der Waals surface area contributed by atoms with Crippen LogP contribution in [0, 0.1) is 5.82 Å². The standard InChI is InChI=1S/C26H29FN2O6S/c1-4-35-22-10-12-23(13-11-22)36(31,32)29(21-8-6-20(27)7-9-21)18-26(30)28-16-15-19-5-14-24(33-2)25(17-19)34-3/h5-14,17H,4,15-16,18H2,1-3H3,(H,28,30). The number of halogens is 1. The molecule has 0 unspecified atom stereocenters. The van der Waals surface area contributed by atoms with Crippen molar-refractivity contribution in [2.75, 3.05) is 38.2 Å². The van der Waals surface area contributed by atoms with E-state index in [0.717, 1.165) is 22.0 Å². The molecule has 0 aromatic heterocycles. The monoisotopic (exact) mass is 516 g/mol. The van der Waals surface area contributed by atoms with Crippen LogP contribution < -0.4 is 23.8 Å². The molecule has 0 saturated carbocycles. The molecule has 3 rings (SSSR count). The van der Waals surface area contributed by atoms with Crippen LogP contribution in [-0.2, 0) is 21.2 Å². The number of methoxy groups -OCH3 is 2. The van der Waals surface area contributed by atoms with E-state index in [1.807, 2.05) is 19.1 Å². The molecule has 0 spiro atoms. The highest BCUT2D eigenvalue weighted by Crippen LogP contribution is 2.28. The zero-order chi connectivity index (χ0) is 26.1. The molecular weight excluding hydrogens is 487 g/mol. The number of rotatable bonds is 12. The van der Waals surface area contributed by atoms with Gasteiger partial charge in [-0.25, -0.2) is 12.8 Å². The first-order valence-electron chi connectivity index (χ1n) is 11.3. The minimum Gasteiger partial charge on any atom is -0.494 e. The van der Waals surface area contributed by atoms with Crippen molar-refractivity contribution in [3.8, 4) is 17.2 Å². The minimum atomic E-state index is -4.12. The highest BCUT2D eigenvalue weighted by Gasteiger charge is 2.27. The number of sulfonamides is 1. The molecule has 0 fully saturated rings. The van der Waals surface area contributed by atoms with E-state index >= 15 is 0 Å². The summed E-state index contributed by atoms with van der Waals surface area (Å²) in [5.41, 5.74) is 1.07. The summed E-state index contributed by atoms with van der Waals surface area (Å²) >= 11 is 0. The van der Waals surface area contributed by atoms with E-state index in [2.05, 4.69) is 5.32 Å². The van der Waals surface area contributed by atoms with E-state index in [1.165, 1.54) is 31.4 Å². The molecule has 10 heteroatoms. The van der Waals surface area contributed by atoms with Crippen LogP contribution in [0.4, 0.5) is 10.1 Å². The average molecular weight is 517 g/mol. The van der Waals surface area contributed by atoms with Crippen molar-refractivity contribution in [2.45, 2.75) is 18.2 Å². The van der Waals surface area contributed by atoms with Gasteiger partial charge in [0.2, 0.25) is 5.91 Å². The molecule has 0 aliphatic heterocycles. The van der Waals surface area contributed by atoms with Gasteiger partial charge in [0.25, 0.3) is 10.0 Å². The van der Waals surface area contributed by atoms with Gasteiger partial charge >= 0.3 is 0 Å². The fourth-order valence-electron chi connectivity index (χ4n) is 3.49. The molecule has 1 N–H and O–H groups in total. The van der Waals surface area contributed by atoms with Crippen LogP contribution in [0.25, 0.3) is 0 Å². The molecule has 8 nitrogen and oxygen atoms in total. The van der Waals surface area contributed by atoms with Gasteiger partial charge in [0.05, 0.1) is 31.4 Å². The summed E-state index contributed by atoms with van der Waals surface area (Å²) in [4.78, 5) is 12.7. The Morgan fingerprint density at radius 3 is 2.22 bits per heavy atom. The normalized spacial score (nSPS) is 11.0. The van der Waals surface area contributed by atoms with Crippen LogP contribution in [0.15, 0.2) is 71.6 Å². The van der Waals surface area contributed by atoms with Crippen molar-refractivity contribution in [2.24, 2.45) is 0 Å². The molecule has 0 aliphatic rings. The number of carbonyl (C=O) groups is 1. The van der Waals surface area contributed by atoms with Crippen molar-refractivity contribution >= 4 is 21.6 Å². The SMILES string of the molecule is CCOc1ccc(S(=O)(=O)N(CC(=O)NCCc2ccc(OC)c(OC)c2)c2ccc(F)cc2)cc1. The second-order valence-corrected chi connectivity index (χ2v) is 9.54. The van der Waals surface area contributed by atoms with Crippen LogP contribution in [-0.4, -0.2) is 48.2 Å². The molecule has 0 atom stereocenters. The largest absolute Gasteiger partial charge is 0.494 e. The summed E-state index contributed by atoms with van der Waals surface area (Å²) < 4.78 is 57.2. The number of hydrogen-bond donors (Lipinski definition) is 1. The Morgan fingerprint density at radius 2 is 1.61 bits per heavy atom. The van der Waals surface area contributed by atoms with Gasteiger partial charge in [0.15, 0.2) is 11.5 Å². The molecule has 1 amide bonds. The maximum absolute atomic E-state index is 13.5. The summed E-state index contributed by atoms with van der Waals surface area (Å²) in [5.74, 6) is 0.675. The lowest BCUT2D eigenvalue weighted by Crippen LogP contribution is -2.41. The molecule has 3 aromatic rings.